The summed E-state index contributed by atoms with van der Waals surface area (Å²) < 4.78 is 26.0. The fourth-order valence-corrected chi connectivity index (χ4v) is 3.26. The third kappa shape index (κ3) is 5.09. The summed E-state index contributed by atoms with van der Waals surface area (Å²) >= 11 is 11.9. The van der Waals surface area contributed by atoms with Gasteiger partial charge in [-0.25, -0.2) is 17.9 Å². The van der Waals surface area contributed by atoms with E-state index in [1.807, 2.05) is 0 Å². The first-order chi connectivity index (χ1) is 11.7. The van der Waals surface area contributed by atoms with E-state index in [4.69, 9.17) is 23.2 Å². The number of amides is 2. The molecule has 6 nitrogen and oxygen atoms in total. The number of carbonyl (C=O) groups is 1. The van der Waals surface area contributed by atoms with Crippen molar-refractivity contribution in [3.05, 3.63) is 57.6 Å². The number of sulfonamides is 1. The normalized spacial score (nSPS) is 11.2. The zero-order valence-corrected chi connectivity index (χ0v) is 15.9. The molecule has 0 saturated heterocycles. The van der Waals surface area contributed by atoms with Crippen molar-refractivity contribution in [2.75, 3.05) is 12.4 Å². The van der Waals surface area contributed by atoms with E-state index in [9.17, 15) is 13.2 Å². The first kappa shape index (κ1) is 19.5. The van der Waals surface area contributed by atoms with Gasteiger partial charge in [0.2, 0.25) is 10.0 Å². The average Bonchev–Trinajstić information content (AvgIpc) is 2.56. The van der Waals surface area contributed by atoms with Gasteiger partial charge >= 0.3 is 6.03 Å². The lowest BCUT2D eigenvalue weighted by Gasteiger charge is -2.12. The van der Waals surface area contributed by atoms with Crippen molar-refractivity contribution >= 4 is 44.9 Å². The van der Waals surface area contributed by atoms with Gasteiger partial charge in [-0.2, -0.15) is 0 Å². The second kappa shape index (κ2) is 8.05. The molecule has 3 N–H and O–H groups in total. The number of rotatable bonds is 5. The van der Waals surface area contributed by atoms with Crippen LogP contribution in [0, 0.1) is 6.92 Å². The number of halogens is 2. The molecule has 0 aliphatic heterocycles. The highest BCUT2D eigenvalue weighted by atomic mass is 35.5. The molecule has 9 heteroatoms. The summed E-state index contributed by atoms with van der Waals surface area (Å²) in [7, 11) is -2.27. The van der Waals surface area contributed by atoms with Crippen molar-refractivity contribution in [3.8, 4) is 0 Å². The Hall–Kier alpha value is -1.80. The molecule has 0 unspecified atom stereocenters. The highest BCUT2D eigenvalue weighted by molar-refractivity contribution is 7.89. The quantitative estimate of drug-likeness (QED) is 0.715. The largest absolute Gasteiger partial charge is 0.334 e. The van der Waals surface area contributed by atoms with Gasteiger partial charge in [0.15, 0.2) is 0 Å². The second-order valence-corrected chi connectivity index (χ2v) is 7.96. The fourth-order valence-electron chi connectivity index (χ4n) is 2.03. The van der Waals surface area contributed by atoms with E-state index in [1.165, 1.54) is 19.2 Å². The van der Waals surface area contributed by atoms with Crippen molar-refractivity contribution in [1.29, 1.82) is 0 Å². The van der Waals surface area contributed by atoms with Crippen molar-refractivity contribution in [3.63, 3.8) is 0 Å². The van der Waals surface area contributed by atoms with Crippen molar-refractivity contribution in [2.24, 2.45) is 0 Å². The molecule has 0 heterocycles. The highest BCUT2D eigenvalue weighted by Crippen LogP contribution is 2.22. The first-order valence-electron chi connectivity index (χ1n) is 7.26. The van der Waals surface area contributed by atoms with Gasteiger partial charge in [0.25, 0.3) is 0 Å². The van der Waals surface area contributed by atoms with Crippen molar-refractivity contribution in [1.82, 2.24) is 10.0 Å². The summed E-state index contributed by atoms with van der Waals surface area (Å²) in [6.07, 6.45) is 0. The molecule has 0 saturated carbocycles. The van der Waals surface area contributed by atoms with Crippen LogP contribution in [0.5, 0.6) is 0 Å². The number of anilines is 1. The number of carbonyl (C=O) groups excluding carboxylic acids is 1. The fraction of sp³-hybridized carbons (Fsp3) is 0.188. The van der Waals surface area contributed by atoms with Gasteiger partial charge in [-0.1, -0.05) is 35.3 Å². The van der Waals surface area contributed by atoms with Crippen LogP contribution in [0.2, 0.25) is 10.0 Å². The summed E-state index contributed by atoms with van der Waals surface area (Å²) in [5.41, 5.74) is 1.84. The lowest BCUT2D eigenvalue weighted by molar-refractivity contribution is 0.251. The Balaban J connectivity index is 2.09. The maximum Gasteiger partial charge on any atom is 0.319 e. The van der Waals surface area contributed by atoms with Gasteiger partial charge in [-0.3, -0.25) is 0 Å². The molecule has 25 heavy (non-hydrogen) atoms. The van der Waals surface area contributed by atoms with Gasteiger partial charge in [0.1, 0.15) is 0 Å². The summed E-state index contributed by atoms with van der Waals surface area (Å²) in [6.45, 7) is 1.97. The smallest absolute Gasteiger partial charge is 0.319 e. The van der Waals surface area contributed by atoms with E-state index >= 15 is 0 Å². The molecule has 2 rings (SSSR count). The molecule has 0 radical (unpaired) electrons. The molecular weight excluding hydrogens is 385 g/mol. The third-order valence-electron chi connectivity index (χ3n) is 3.49. The topological polar surface area (TPSA) is 87.3 Å². The Kier molecular flexibility index (Phi) is 6.29. The third-order valence-corrected chi connectivity index (χ3v) is 5.49. The number of hydrogen-bond acceptors (Lipinski definition) is 3. The van der Waals surface area contributed by atoms with E-state index < -0.39 is 16.1 Å². The van der Waals surface area contributed by atoms with Crippen molar-refractivity contribution < 1.29 is 13.2 Å². The molecule has 0 atom stereocenters. The molecule has 2 aromatic carbocycles. The van der Waals surface area contributed by atoms with E-state index in [-0.39, 0.29) is 11.4 Å². The standard InChI is InChI=1S/C16H17Cl2N3O3S/c1-10-3-6-13(25(23,24)19-2)8-15(10)21-16(22)20-9-11-4-5-12(17)7-14(11)18/h3-8,19H,9H2,1-2H3,(H2,20,21,22). The summed E-state index contributed by atoms with van der Waals surface area (Å²) in [6, 6.07) is 9.00. The van der Waals surface area contributed by atoms with Crippen LogP contribution in [-0.4, -0.2) is 21.5 Å². The molecule has 0 spiro atoms. The molecule has 0 aliphatic rings. The van der Waals surface area contributed by atoms with Gasteiger partial charge < -0.3 is 10.6 Å². The molecule has 0 aliphatic carbocycles. The van der Waals surface area contributed by atoms with E-state index in [0.29, 0.717) is 21.3 Å². The minimum Gasteiger partial charge on any atom is -0.334 e. The molecule has 2 amide bonds. The second-order valence-electron chi connectivity index (χ2n) is 5.23. The molecule has 0 bridgehead atoms. The number of urea groups is 1. The minimum atomic E-state index is -3.59. The molecule has 0 aromatic heterocycles. The summed E-state index contributed by atoms with van der Waals surface area (Å²) in [4.78, 5) is 12.2. The number of aryl methyl sites for hydroxylation is 1. The van der Waals surface area contributed by atoms with Crippen LogP contribution in [0.15, 0.2) is 41.3 Å². The monoisotopic (exact) mass is 401 g/mol. The Labute approximate surface area is 156 Å². The van der Waals surface area contributed by atoms with Crippen molar-refractivity contribution in [2.45, 2.75) is 18.4 Å². The molecule has 134 valence electrons. The maximum absolute atomic E-state index is 12.1. The lowest BCUT2D eigenvalue weighted by atomic mass is 10.2. The van der Waals surface area contributed by atoms with E-state index in [1.54, 1.807) is 31.2 Å². The van der Waals surface area contributed by atoms with Crippen LogP contribution < -0.4 is 15.4 Å². The van der Waals surface area contributed by atoms with Gasteiger partial charge in [-0.05, 0) is 49.4 Å². The zero-order chi connectivity index (χ0) is 18.6. The Morgan fingerprint density at radius 2 is 1.84 bits per heavy atom. The van der Waals surface area contributed by atoms with Crippen LogP contribution >= 0.6 is 23.2 Å². The van der Waals surface area contributed by atoms with Gasteiger partial charge in [0.05, 0.1) is 4.90 Å². The number of benzene rings is 2. The number of hydrogen-bond donors (Lipinski definition) is 3. The van der Waals surface area contributed by atoms with Crippen LogP contribution in [0.3, 0.4) is 0 Å². The van der Waals surface area contributed by atoms with Gasteiger partial charge in [-0.15, -0.1) is 0 Å². The van der Waals surface area contributed by atoms with Crippen LogP contribution in [-0.2, 0) is 16.6 Å². The maximum atomic E-state index is 12.1. The molecular formula is C16H17Cl2N3O3S. The Bertz CT molecular complexity index is 901. The number of nitrogens with one attached hydrogen (secondary N) is 3. The van der Waals surface area contributed by atoms with Crippen LogP contribution in [0.25, 0.3) is 0 Å². The summed E-state index contributed by atoms with van der Waals surface area (Å²) in [5, 5.41) is 6.26. The van der Waals surface area contributed by atoms with E-state index in [0.717, 1.165) is 5.56 Å². The zero-order valence-electron chi connectivity index (χ0n) is 13.6. The predicted molar refractivity (Wildman–Crippen MR) is 99.7 cm³/mol. The lowest BCUT2D eigenvalue weighted by Crippen LogP contribution is -2.28. The summed E-state index contributed by atoms with van der Waals surface area (Å²) in [5.74, 6) is 0. The SMILES string of the molecule is CNS(=O)(=O)c1ccc(C)c(NC(=O)NCc2ccc(Cl)cc2Cl)c1. The molecule has 2 aromatic rings. The van der Waals surface area contributed by atoms with Gasteiger partial charge in [0, 0.05) is 22.3 Å². The predicted octanol–water partition coefficient (Wildman–Crippen LogP) is 3.53. The van der Waals surface area contributed by atoms with Crippen LogP contribution in [0.4, 0.5) is 10.5 Å². The highest BCUT2D eigenvalue weighted by Gasteiger charge is 2.14. The minimum absolute atomic E-state index is 0.0663. The van der Waals surface area contributed by atoms with Crippen LogP contribution in [0.1, 0.15) is 11.1 Å². The van der Waals surface area contributed by atoms with E-state index in [2.05, 4.69) is 15.4 Å². The Morgan fingerprint density at radius 3 is 2.48 bits per heavy atom. The first-order valence-corrected chi connectivity index (χ1v) is 9.50. The average molecular weight is 402 g/mol. The molecule has 0 fully saturated rings. The Morgan fingerprint density at radius 1 is 1.12 bits per heavy atom.